The molecule has 0 aliphatic rings. The highest BCUT2D eigenvalue weighted by atomic mass is 14.9. The van der Waals surface area contributed by atoms with Crippen LogP contribution in [-0.4, -0.2) is 0 Å². The van der Waals surface area contributed by atoms with Gasteiger partial charge in [-0.25, -0.2) is 0 Å². The lowest BCUT2D eigenvalue weighted by atomic mass is 10.1. The molecule has 0 saturated carbocycles. The fourth-order valence-electron chi connectivity index (χ4n) is 2.07. The van der Waals surface area contributed by atoms with Crippen LogP contribution in [-0.2, 0) is 0 Å². The average Bonchev–Trinajstić information content (AvgIpc) is 2.49. The maximum atomic E-state index is 5.70. The molecule has 2 heteroatoms. The smallest absolute Gasteiger partial charge is 0.210 e. The number of aromatic nitrogens is 1. The molecule has 0 amide bonds. The van der Waals surface area contributed by atoms with Crippen LogP contribution in [0.3, 0.4) is 0 Å². The third-order valence-corrected chi connectivity index (χ3v) is 3.13. The molecule has 0 saturated heterocycles. The van der Waals surface area contributed by atoms with Crippen molar-refractivity contribution in [1.29, 1.82) is 0 Å². The van der Waals surface area contributed by atoms with Gasteiger partial charge in [0.05, 0.1) is 0 Å². The van der Waals surface area contributed by atoms with Crippen LogP contribution >= 0.6 is 0 Å². The summed E-state index contributed by atoms with van der Waals surface area (Å²) >= 11 is 0. The lowest BCUT2D eigenvalue weighted by molar-refractivity contribution is -0.595. The highest BCUT2D eigenvalue weighted by Gasteiger charge is 2.05. The number of benzene rings is 2. The molecule has 0 bridgehead atoms. The van der Waals surface area contributed by atoms with Crippen molar-refractivity contribution < 1.29 is 4.57 Å². The predicted molar refractivity (Wildman–Crippen MR) is 77.8 cm³/mol. The van der Waals surface area contributed by atoms with Gasteiger partial charge in [0.25, 0.3) is 0 Å². The van der Waals surface area contributed by atoms with Crippen molar-refractivity contribution in [2.75, 3.05) is 5.73 Å². The van der Waals surface area contributed by atoms with E-state index in [0.29, 0.717) is 0 Å². The van der Waals surface area contributed by atoms with E-state index in [4.69, 9.17) is 5.73 Å². The molecule has 19 heavy (non-hydrogen) atoms. The zero-order valence-corrected chi connectivity index (χ0v) is 10.5. The van der Waals surface area contributed by atoms with Crippen molar-refractivity contribution in [1.82, 2.24) is 0 Å². The van der Waals surface area contributed by atoms with Gasteiger partial charge in [-0.15, -0.1) is 0 Å². The quantitative estimate of drug-likeness (QED) is 0.547. The van der Waals surface area contributed by atoms with Gasteiger partial charge in [-0.3, -0.25) is 0 Å². The van der Waals surface area contributed by atoms with Crippen LogP contribution in [0.4, 0.5) is 5.69 Å². The summed E-state index contributed by atoms with van der Waals surface area (Å²) in [6, 6.07) is 22.4. The Morgan fingerprint density at radius 1 is 0.632 bits per heavy atom. The largest absolute Gasteiger partial charge is 0.399 e. The SMILES string of the molecule is Nc1ccc(-c2cc[n+](-c3ccccc3)cc2)cc1. The van der Waals surface area contributed by atoms with E-state index in [1.807, 2.05) is 42.5 Å². The molecule has 0 aliphatic carbocycles. The number of anilines is 1. The number of hydrogen-bond acceptors (Lipinski definition) is 1. The van der Waals surface area contributed by atoms with Gasteiger partial charge in [0.15, 0.2) is 12.4 Å². The Morgan fingerprint density at radius 3 is 1.84 bits per heavy atom. The van der Waals surface area contributed by atoms with E-state index in [9.17, 15) is 0 Å². The van der Waals surface area contributed by atoms with Gasteiger partial charge < -0.3 is 5.73 Å². The van der Waals surface area contributed by atoms with Gasteiger partial charge in [-0.2, -0.15) is 4.57 Å². The summed E-state index contributed by atoms with van der Waals surface area (Å²) in [6.07, 6.45) is 4.14. The molecule has 3 aromatic rings. The minimum Gasteiger partial charge on any atom is -0.399 e. The Bertz CT molecular complexity index is 656. The maximum absolute atomic E-state index is 5.70. The molecule has 0 aliphatic heterocycles. The number of nitrogens with zero attached hydrogens (tertiary/aromatic N) is 1. The number of pyridine rings is 1. The Labute approximate surface area is 112 Å². The fourth-order valence-corrected chi connectivity index (χ4v) is 2.07. The van der Waals surface area contributed by atoms with Crippen LogP contribution < -0.4 is 10.3 Å². The van der Waals surface area contributed by atoms with Gasteiger partial charge >= 0.3 is 0 Å². The Hall–Kier alpha value is -2.61. The van der Waals surface area contributed by atoms with E-state index in [1.165, 1.54) is 11.1 Å². The van der Waals surface area contributed by atoms with Crippen molar-refractivity contribution in [3.05, 3.63) is 79.1 Å². The molecular formula is C17H15N2+. The molecule has 2 nitrogen and oxygen atoms in total. The minimum atomic E-state index is 0.791. The first-order valence-electron chi connectivity index (χ1n) is 6.25. The van der Waals surface area contributed by atoms with E-state index in [0.717, 1.165) is 11.4 Å². The molecule has 3 rings (SSSR count). The van der Waals surface area contributed by atoms with Crippen molar-refractivity contribution in [2.24, 2.45) is 0 Å². The molecular weight excluding hydrogens is 232 g/mol. The zero-order chi connectivity index (χ0) is 13.1. The van der Waals surface area contributed by atoms with Crippen LogP contribution in [0.25, 0.3) is 16.8 Å². The summed E-state index contributed by atoms with van der Waals surface area (Å²) in [5.41, 5.74) is 10.0. The lowest BCUT2D eigenvalue weighted by Gasteiger charge is -2.01. The van der Waals surface area contributed by atoms with Gasteiger partial charge in [-0.1, -0.05) is 30.3 Å². The van der Waals surface area contributed by atoms with Crippen LogP contribution in [0, 0.1) is 0 Å². The molecule has 92 valence electrons. The van der Waals surface area contributed by atoms with Gasteiger partial charge in [0.1, 0.15) is 0 Å². The standard InChI is InChI=1S/C17H14N2/c18-16-8-6-14(7-9-16)15-10-12-19(13-11-15)17-4-2-1-3-5-17/h1-13,18H/p+1. The first kappa shape index (κ1) is 11.5. The monoisotopic (exact) mass is 247 g/mol. The summed E-state index contributed by atoms with van der Waals surface area (Å²) in [7, 11) is 0. The zero-order valence-electron chi connectivity index (χ0n) is 10.5. The average molecular weight is 247 g/mol. The van der Waals surface area contributed by atoms with Crippen molar-refractivity contribution in [3.63, 3.8) is 0 Å². The van der Waals surface area contributed by atoms with Crippen LogP contribution in [0.15, 0.2) is 79.1 Å². The van der Waals surface area contributed by atoms with Crippen molar-refractivity contribution in [3.8, 4) is 16.8 Å². The number of hydrogen-bond donors (Lipinski definition) is 1. The summed E-state index contributed by atoms with van der Waals surface area (Å²) in [6.45, 7) is 0. The Kier molecular flexibility index (Phi) is 2.99. The third kappa shape index (κ3) is 2.47. The molecule has 0 fully saturated rings. The normalized spacial score (nSPS) is 10.3. The molecule has 0 unspecified atom stereocenters. The molecule has 2 aromatic carbocycles. The molecule has 0 atom stereocenters. The topological polar surface area (TPSA) is 29.9 Å². The molecule has 0 radical (unpaired) electrons. The minimum absolute atomic E-state index is 0.791. The van der Waals surface area contributed by atoms with Crippen LogP contribution in [0.5, 0.6) is 0 Å². The molecule has 0 spiro atoms. The van der Waals surface area contributed by atoms with E-state index in [1.54, 1.807) is 0 Å². The highest BCUT2D eigenvalue weighted by Crippen LogP contribution is 2.19. The first-order valence-corrected chi connectivity index (χ1v) is 6.25. The second kappa shape index (κ2) is 4.94. The van der Waals surface area contributed by atoms with Crippen molar-refractivity contribution in [2.45, 2.75) is 0 Å². The predicted octanol–water partition coefficient (Wildman–Crippen LogP) is 3.21. The van der Waals surface area contributed by atoms with E-state index < -0.39 is 0 Å². The maximum Gasteiger partial charge on any atom is 0.210 e. The van der Waals surface area contributed by atoms with Gasteiger partial charge in [-0.05, 0) is 23.3 Å². The Balaban J connectivity index is 1.93. The number of nitrogen functional groups attached to an aromatic ring is 1. The van der Waals surface area contributed by atoms with E-state index in [-0.39, 0.29) is 0 Å². The first-order chi connectivity index (χ1) is 9.33. The van der Waals surface area contributed by atoms with E-state index in [2.05, 4.69) is 41.2 Å². The lowest BCUT2D eigenvalue weighted by Crippen LogP contribution is -2.28. The summed E-state index contributed by atoms with van der Waals surface area (Å²) in [4.78, 5) is 0. The van der Waals surface area contributed by atoms with Crippen LogP contribution in [0.1, 0.15) is 0 Å². The van der Waals surface area contributed by atoms with Gasteiger partial charge in [0, 0.05) is 30.0 Å². The summed E-state index contributed by atoms with van der Waals surface area (Å²) in [5.74, 6) is 0. The fraction of sp³-hybridized carbons (Fsp3) is 0. The number of para-hydroxylation sites is 1. The van der Waals surface area contributed by atoms with Crippen molar-refractivity contribution >= 4 is 5.69 Å². The third-order valence-electron chi connectivity index (χ3n) is 3.13. The number of rotatable bonds is 2. The molecule has 2 N–H and O–H groups in total. The second-order valence-corrected chi connectivity index (χ2v) is 4.45. The van der Waals surface area contributed by atoms with Crippen LogP contribution in [0.2, 0.25) is 0 Å². The second-order valence-electron chi connectivity index (χ2n) is 4.45. The molecule has 1 aromatic heterocycles. The molecule has 1 heterocycles. The van der Waals surface area contributed by atoms with Gasteiger partial charge in [0.2, 0.25) is 5.69 Å². The Morgan fingerprint density at radius 2 is 1.21 bits per heavy atom. The number of nitrogens with two attached hydrogens (primary N) is 1. The highest BCUT2D eigenvalue weighted by molar-refractivity contribution is 5.64. The summed E-state index contributed by atoms with van der Waals surface area (Å²) in [5, 5.41) is 0. The summed E-state index contributed by atoms with van der Waals surface area (Å²) < 4.78 is 2.10. The van der Waals surface area contributed by atoms with E-state index >= 15 is 0 Å².